The highest BCUT2D eigenvalue weighted by Gasteiger charge is 2.34. The number of rotatable bonds is 3. The number of hydrogen-bond donors (Lipinski definition) is 1. The molecule has 1 aliphatic rings. The van der Waals surface area contributed by atoms with Gasteiger partial charge >= 0.3 is 11.7 Å². The van der Waals surface area contributed by atoms with Crippen LogP contribution >= 0.6 is 0 Å². The first kappa shape index (κ1) is 15.7. The fourth-order valence-electron chi connectivity index (χ4n) is 3.26. The molecular weight excluding hydrogens is 272 g/mol. The lowest BCUT2D eigenvalue weighted by Crippen LogP contribution is -2.47. The summed E-state index contributed by atoms with van der Waals surface area (Å²) in [7, 11) is 0. The second-order valence-corrected chi connectivity index (χ2v) is 6.03. The van der Waals surface area contributed by atoms with E-state index in [1.165, 1.54) is 0 Å². The molecule has 0 amide bonds. The van der Waals surface area contributed by atoms with Crippen LogP contribution in [0.2, 0.25) is 0 Å². The highest BCUT2D eigenvalue weighted by atomic mass is 16.5. The van der Waals surface area contributed by atoms with E-state index in [4.69, 9.17) is 4.74 Å². The number of carbonyl (C=O) groups is 1. The van der Waals surface area contributed by atoms with Gasteiger partial charge in [-0.3, -0.25) is 9.36 Å². The molecule has 1 fully saturated rings. The first-order chi connectivity index (χ1) is 9.78. The van der Waals surface area contributed by atoms with Gasteiger partial charge in [0.1, 0.15) is 0 Å². The van der Waals surface area contributed by atoms with Crippen LogP contribution in [-0.4, -0.2) is 33.8 Å². The molecule has 2 rings (SSSR count). The fraction of sp³-hybridized carbons (Fsp3) is 0.667. The van der Waals surface area contributed by atoms with Gasteiger partial charge in [-0.15, -0.1) is 0 Å². The van der Waals surface area contributed by atoms with Crippen molar-refractivity contribution in [3.05, 3.63) is 27.4 Å². The molecule has 1 aromatic heterocycles. The predicted octanol–water partition coefficient (Wildman–Crippen LogP) is 1.57. The van der Waals surface area contributed by atoms with Gasteiger partial charge in [0.15, 0.2) is 0 Å². The summed E-state index contributed by atoms with van der Waals surface area (Å²) >= 11 is 0. The van der Waals surface area contributed by atoms with Gasteiger partial charge in [0, 0.05) is 23.6 Å². The third-order valence-electron chi connectivity index (χ3n) is 4.33. The van der Waals surface area contributed by atoms with Crippen LogP contribution in [0, 0.1) is 13.8 Å². The van der Waals surface area contributed by atoms with Crippen LogP contribution < -0.4 is 5.69 Å². The standard InChI is InChI=1S/C15H22N2O4/c1-9(13(18)19)12-10(2)16-14(20)17(11(12)3)15(4)6-5-7-21-8-15/h9H,5-8H2,1-4H3,(H,18,19). The molecule has 21 heavy (non-hydrogen) atoms. The number of nitrogens with zero attached hydrogens (tertiary/aromatic N) is 2. The zero-order chi connectivity index (χ0) is 15.8. The van der Waals surface area contributed by atoms with Crippen molar-refractivity contribution >= 4 is 5.97 Å². The highest BCUT2D eigenvalue weighted by molar-refractivity contribution is 5.76. The average molecular weight is 294 g/mol. The number of carboxylic acid groups (broad SMARTS) is 1. The van der Waals surface area contributed by atoms with Crippen LogP contribution in [0.25, 0.3) is 0 Å². The highest BCUT2D eigenvalue weighted by Crippen LogP contribution is 2.30. The fourth-order valence-corrected chi connectivity index (χ4v) is 3.26. The van der Waals surface area contributed by atoms with Gasteiger partial charge in [-0.25, -0.2) is 4.79 Å². The van der Waals surface area contributed by atoms with Crippen LogP contribution in [0.4, 0.5) is 0 Å². The summed E-state index contributed by atoms with van der Waals surface area (Å²) < 4.78 is 7.14. The minimum Gasteiger partial charge on any atom is -0.481 e. The molecule has 116 valence electrons. The summed E-state index contributed by atoms with van der Waals surface area (Å²) in [5, 5.41) is 9.28. The van der Waals surface area contributed by atoms with Gasteiger partial charge in [-0.1, -0.05) is 0 Å². The molecule has 1 aromatic rings. The number of hydrogen-bond acceptors (Lipinski definition) is 4. The van der Waals surface area contributed by atoms with E-state index in [0.717, 1.165) is 12.8 Å². The third-order valence-corrected chi connectivity index (χ3v) is 4.33. The van der Waals surface area contributed by atoms with E-state index in [1.807, 2.05) is 6.92 Å². The Hall–Kier alpha value is -1.69. The lowest BCUT2D eigenvalue weighted by atomic mass is 9.91. The molecule has 2 atom stereocenters. The van der Waals surface area contributed by atoms with Gasteiger partial charge in [-0.2, -0.15) is 4.98 Å². The maximum atomic E-state index is 12.4. The van der Waals surface area contributed by atoms with Crippen molar-refractivity contribution in [2.75, 3.05) is 13.2 Å². The normalized spacial score (nSPS) is 23.8. The Morgan fingerprint density at radius 1 is 1.48 bits per heavy atom. The number of carboxylic acids is 1. The third kappa shape index (κ3) is 2.72. The minimum atomic E-state index is -0.918. The van der Waals surface area contributed by atoms with Crippen molar-refractivity contribution in [3.8, 4) is 0 Å². The average Bonchev–Trinajstić information content (AvgIpc) is 2.38. The first-order valence-corrected chi connectivity index (χ1v) is 7.19. The second kappa shape index (κ2) is 5.60. The Kier molecular flexibility index (Phi) is 4.18. The largest absolute Gasteiger partial charge is 0.481 e. The molecular formula is C15H22N2O4. The number of ether oxygens (including phenoxy) is 1. The first-order valence-electron chi connectivity index (χ1n) is 7.19. The molecule has 0 spiro atoms. The molecule has 0 saturated carbocycles. The van der Waals surface area contributed by atoms with E-state index in [2.05, 4.69) is 4.98 Å². The summed E-state index contributed by atoms with van der Waals surface area (Å²) in [6.45, 7) is 8.21. The molecule has 0 aromatic carbocycles. The summed E-state index contributed by atoms with van der Waals surface area (Å²) in [6.07, 6.45) is 1.69. The number of aromatic nitrogens is 2. The van der Waals surface area contributed by atoms with Gasteiger partial charge in [0.2, 0.25) is 0 Å². The smallest absolute Gasteiger partial charge is 0.348 e. The van der Waals surface area contributed by atoms with E-state index in [0.29, 0.717) is 30.2 Å². The summed E-state index contributed by atoms with van der Waals surface area (Å²) in [5.74, 6) is -1.62. The molecule has 2 unspecified atom stereocenters. The Bertz CT molecular complexity index is 615. The molecule has 6 nitrogen and oxygen atoms in total. The van der Waals surface area contributed by atoms with E-state index >= 15 is 0 Å². The van der Waals surface area contributed by atoms with Crippen molar-refractivity contribution < 1.29 is 14.6 Å². The van der Waals surface area contributed by atoms with Gasteiger partial charge in [-0.05, 0) is 40.5 Å². The maximum absolute atomic E-state index is 12.4. The molecule has 1 N–H and O–H groups in total. The Morgan fingerprint density at radius 2 is 2.14 bits per heavy atom. The van der Waals surface area contributed by atoms with Crippen LogP contribution in [0.3, 0.4) is 0 Å². The number of aryl methyl sites for hydroxylation is 1. The lowest BCUT2D eigenvalue weighted by molar-refractivity contribution is -0.138. The Morgan fingerprint density at radius 3 is 2.67 bits per heavy atom. The maximum Gasteiger partial charge on any atom is 0.348 e. The summed E-state index contributed by atoms with van der Waals surface area (Å²) in [6, 6.07) is 0. The van der Waals surface area contributed by atoms with Crippen LogP contribution in [0.5, 0.6) is 0 Å². The molecule has 0 aliphatic carbocycles. The van der Waals surface area contributed by atoms with Gasteiger partial charge in [0.25, 0.3) is 0 Å². The van der Waals surface area contributed by atoms with Crippen LogP contribution in [0.15, 0.2) is 4.79 Å². The zero-order valence-corrected chi connectivity index (χ0v) is 13.0. The lowest BCUT2D eigenvalue weighted by Gasteiger charge is -2.37. The molecule has 1 aliphatic heterocycles. The summed E-state index contributed by atoms with van der Waals surface area (Å²) in [5.41, 5.74) is 0.986. The quantitative estimate of drug-likeness (QED) is 0.915. The summed E-state index contributed by atoms with van der Waals surface area (Å²) in [4.78, 5) is 27.7. The van der Waals surface area contributed by atoms with Crippen molar-refractivity contribution in [1.29, 1.82) is 0 Å². The number of aliphatic carboxylic acids is 1. The van der Waals surface area contributed by atoms with E-state index in [9.17, 15) is 14.7 Å². The molecule has 2 heterocycles. The van der Waals surface area contributed by atoms with Crippen LogP contribution in [-0.2, 0) is 15.1 Å². The van der Waals surface area contributed by atoms with Crippen molar-refractivity contribution in [1.82, 2.24) is 9.55 Å². The monoisotopic (exact) mass is 294 g/mol. The molecule has 0 bridgehead atoms. The van der Waals surface area contributed by atoms with Crippen molar-refractivity contribution in [3.63, 3.8) is 0 Å². The topological polar surface area (TPSA) is 81.4 Å². The van der Waals surface area contributed by atoms with E-state index in [-0.39, 0.29) is 5.69 Å². The molecule has 0 radical (unpaired) electrons. The predicted molar refractivity (Wildman–Crippen MR) is 77.7 cm³/mol. The minimum absolute atomic E-state index is 0.334. The Balaban J connectivity index is 2.64. The second-order valence-electron chi connectivity index (χ2n) is 6.03. The van der Waals surface area contributed by atoms with E-state index < -0.39 is 17.4 Å². The SMILES string of the molecule is Cc1nc(=O)n(C2(C)CCCOC2)c(C)c1C(C)C(=O)O. The molecule has 6 heteroatoms. The van der Waals surface area contributed by atoms with Crippen molar-refractivity contribution in [2.24, 2.45) is 0 Å². The van der Waals surface area contributed by atoms with Crippen LogP contribution in [0.1, 0.15) is 49.6 Å². The zero-order valence-electron chi connectivity index (χ0n) is 13.0. The molecule has 1 saturated heterocycles. The van der Waals surface area contributed by atoms with E-state index in [1.54, 1.807) is 25.3 Å². The Labute approximate surface area is 123 Å². The van der Waals surface area contributed by atoms with Gasteiger partial charge in [0.05, 0.1) is 18.1 Å². The van der Waals surface area contributed by atoms with Gasteiger partial charge < -0.3 is 9.84 Å². The van der Waals surface area contributed by atoms with Crippen molar-refractivity contribution in [2.45, 2.75) is 52.0 Å².